The molecule has 1 heterocycles. The second-order valence-electron chi connectivity index (χ2n) is 2.31. The quantitative estimate of drug-likeness (QED) is 0.237. The molecule has 0 unspecified atom stereocenters. The van der Waals surface area contributed by atoms with Gasteiger partial charge in [0.15, 0.2) is 10.6 Å². The van der Waals surface area contributed by atoms with Crippen LogP contribution >= 0.6 is 0 Å². The number of nitrogens with one attached hydrogen (secondary N) is 1. The Morgan fingerprint density at radius 2 is 1.47 bits per heavy atom. The van der Waals surface area contributed by atoms with Crippen molar-refractivity contribution in [1.82, 2.24) is 10.2 Å². The number of primary amides is 1. The second kappa shape index (κ2) is 12.1. The number of carbonyl (C=O) groups excluding carboxylic acids is 3. The van der Waals surface area contributed by atoms with Crippen molar-refractivity contribution in [3.05, 3.63) is 0 Å². The third kappa shape index (κ3) is 17.0. The first-order valence-electron chi connectivity index (χ1n) is 3.78. The molecule has 0 atom stereocenters. The maximum Gasteiger partial charge on any atom is 2.00 e. The zero-order valence-electron chi connectivity index (χ0n) is 9.19. The third-order valence-corrected chi connectivity index (χ3v) is 1.06. The minimum absolute atomic E-state index is 0. The van der Waals surface area contributed by atoms with Crippen LogP contribution < -0.4 is 11.1 Å². The van der Waals surface area contributed by atoms with Crippen LogP contribution in [-0.4, -0.2) is 88.0 Å². The predicted octanol–water partition coefficient (Wildman–Crippen LogP) is -1.34. The summed E-state index contributed by atoms with van der Waals surface area (Å²) >= 11 is 7.07. The van der Waals surface area contributed by atoms with Crippen molar-refractivity contribution in [2.24, 2.45) is 5.73 Å². The number of hydrogen-bond donors (Lipinski definition) is 4. The fourth-order valence-electron chi connectivity index (χ4n) is 0.620. The molecule has 10 nitrogen and oxygen atoms in total. The van der Waals surface area contributed by atoms with Gasteiger partial charge < -0.3 is 41.2 Å². The summed E-state index contributed by atoms with van der Waals surface area (Å²) in [5, 5.41) is 13.9. The van der Waals surface area contributed by atoms with Gasteiger partial charge in [-0.2, -0.15) is 0 Å². The molecule has 0 aliphatic carbocycles. The maximum atomic E-state index is 10.5. The Bertz CT molecular complexity index is 358. The fraction of sp³-hybridized carbons (Fsp3) is 0.167. The molecule has 1 aliphatic heterocycles. The molecule has 1 saturated heterocycles. The molecule has 1 aliphatic rings. The van der Waals surface area contributed by atoms with E-state index in [-0.39, 0.29) is 44.3 Å². The molecule has 0 aromatic heterocycles. The van der Waals surface area contributed by atoms with Crippen LogP contribution in [0.2, 0.25) is 0 Å². The van der Waals surface area contributed by atoms with Gasteiger partial charge in [0, 0.05) is 0 Å². The summed E-state index contributed by atoms with van der Waals surface area (Å²) in [6.45, 7) is -0.270. The first-order valence-corrected chi connectivity index (χ1v) is 4.60. The monoisotopic (exact) mass is 337 g/mol. The van der Waals surface area contributed by atoms with Gasteiger partial charge >= 0.3 is 49.8 Å². The zero-order chi connectivity index (χ0) is 14.9. The molecule has 13 heteroatoms. The Morgan fingerprint density at radius 3 is 1.58 bits per heavy atom. The van der Waals surface area contributed by atoms with Crippen molar-refractivity contribution in [2.45, 2.75) is 0 Å². The van der Waals surface area contributed by atoms with Crippen molar-refractivity contribution in [3.63, 3.8) is 0 Å². The Hall–Kier alpha value is -0.950. The molecule has 0 saturated carbocycles. The number of urea groups is 2. The Balaban J connectivity index is -0.000000242. The maximum absolute atomic E-state index is 10.5. The van der Waals surface area contributed by atoms with Crippen LogP contribution in [-0.2, 0) is 30.1 Å². The number of nitrogens with two attached hydrogens (primary N) is 1. The molecule has 1 fully saturated rings. The number of carbonyl (C=O) groups is 5. The van der Waals surface area contributed by atoms with E-state index in [2.05, 4.69) is 25.3 Å². The van der Waals surface area contributed by atoms with Gasteiger partial charge in [-0.25, -0.2) is 14.5 Å². The Labute approximate surface area is 147 Å². The average molecular weight is 337 g/mol. The Kier molecular flexibility index (Phi) is 14.8. The van der Waals surface area contributed by atoms with Crippen molar-refractivity contribution >= 4 is 91.6 Å². The summed E-state index contributed by atoms with van der Waals surface area (Å²) in [5.74, 6) is -0.510. The summed E-state index contributed by atoms with van der Waals surface area (Å²) < 4.78 is 0. The van der Waals surface area contributed by atoms with E-state index in [0.29, 0.717) is 4.90 Å². The predicted molar refractivity (Wildman–Crippen MR) is 66.4 cm³/mol. The van der Waals surface area contributed by atoms with Gasteiger partial charge in [-0.3, -0.25) is 19.7 Å². The van der Waals surface area contributed by atoms with Gasteiger partial charge in [-0.05, 0) is 0 Å². The van der Waals surface area contributed by atoms with Crippen LogP contribution in [0.15, 0.2) is 0 Å². The zero-order valence-corrected chi connectivity index (χ0v) is 13.0. The molecule has 0 radical (unpaired) electrons. The van der Waals surface area contributed by atoms with Gasteiger partial charge in [0.25, 0.3) is 0 Å². The standard InChI is InChI=1S/C4H5N3O3.2CH2O2S.Ca/c5-3(9)7-1-2(8)6-4(7)10;2*2-1(3)4;/h1H2,(H2,5,9)(H,6,8,10);2*4H,(H,2,3);/q;;;+2/p-2. The summed E-state index contributed by atoms with van der Waals surface area (Å²) in [5.41, 5.74) is 4.72. The number of rotatable bonds is 0. The minimum Gasteiger partial charge on any atom is -0.698 e. The summed E-state index contributed by atoms with van der Waals surface area (Å²) in [6, 6.07) is -1.67. The molecule has 1 rings (SSSR count). The summed E-state index contributed by atoms with van der Waals surface area (Å²) in [4.78, 5) is 49.5. The van der Waals surface area contributed by atoms with E-state index >= 15 is 0 Å². The molecule has 0 bridgehead atoms. The first kappa shape index (κ1) is 23.2. The van der Waals surface area contributed by atoms with E-state index < -0.39 is 28.6 Å². The summed E-state index contributed by atoms with van der Waals surface area (Å²) in [6.07, 6.45) is 0. The molecule has 0 aromatic carbocycles. The van der Waals surface area contributed by atoms with Crippen molar-refractivity contribution in [1.29, 1.82) is 0 Å². The van der Waals surface area contributed by atoms with E-state index in [9.17, 15) is 14.4 Å². The number of hydrogen-bond acceptors (Lipinski definition) is 7. The van der Waals surface area contributed by atoms with Gasteiger partial charge in [-0.1, -0.05) is 0 Å². The third-order valence-electron chi connectivity index (χ3n) is 1.06. The first-order chi connectivity index (χ1) is 8.07. The van der Waals surface area contributed by atoms with Crippen LogP contribution in [0, 0.1) is 0 Å². The van der Waals surface area contributed by atoms with Gasteiger partial charge in [0.1, 0.15) is 6.54 Å². The van der Waals surface area contributed by atoms with E-state index in [4.69, 9.17) is 25.5 Å². The van der Waals surface area contributed by atoms with E-state index in [0.717, 1.165) is 0 Å². The van der Waals surface area contributed by atoms with Crippen LogP contribution in [0.3, 0.4) is 0 Å². The average Bonchev–Trinajstić information content (AvgIpc) is 2.42. The van der Waals surface area contributed by atoms with Crippen molar-refractivity contribution in [3.8, 4) is 0 Å². The number of nitrogens with zero attached hydrogens (tertiary/aromatic N) is 1. The van der Waals surface area contributed by atoms with E-state index in [1.165, 1.54) is 0 Å². The molecule has 5 amide bonds. The molecule has 102 valence electrons. The van der Waals surface area contributed by atoms with Gasteiger partial charge in [0.2, 0.25) is 5.91 Å². The Morgan fingerprint density at radius 1 is 1.16 bits per heavy atom. The minimum atomic E-state index is -1.25. The second-order valence-corrected chi connectivity index (χ2v) is 3.01. The molecule has 19 heavy (non-hydrogen) atoms. The van der Waals surface area contributed by atoms with E-state index in [1.54, 1.807) is 0 Å². The van der Waals surface area contributed by atoms with Crippen molar-refractivity contribution < 1.29 is 34.2 Å². The molecular formula is C6H7CaN3O7S2. The summed E-state index contributed by atoms with van der Waals surface area (Å²) in [7, 11) is 0. The van der Waals surface area contributed by atoms with Crippen LogP contribution in [0.25, 0.3) is 0 Å². The smallest absolute Gasteiger partial charge is 0.698 e. The molecule has 5 N–H and O–H groups in total. The van der Waals surface area contributed by atoms with Gasteiger partial charge in [0.05, 0.1) is 0 Å². The topological polar surface area (TPSA) is 167 Å². The molecule has 0 spiro atoms. The van der Waals surface area contributed by atoms with E-state index in [1.807, 2.05) is 5.32 Å². The van der Waals surface area contributed by atoms with Crippen LogP contribution in [0.5, 0.6) is 0 Å². The normalized spacial score (nSPS) is 11.7. The number of imide groups is 2. The molecular weight excluding hydrogens is 330 g/mol. The SMILES string of the molecule is NC(=O)N1CC(=O)NC1=O.O=C(O)[S-].O=C(O)[S-].[Ca+2]. The van der Waals surface area contributed by atoms with Gasteiger partial charge in [-0.15, -0.1) is 0 Å². The fourth-order valence-corrected chi connectivity index (χ4v) is 0.620. The van der Waals surface area contributed by atoms with Crippen molar-refractivity contribution in [2.75, 3.05) is 6.54 Å². The van der Waals surface area contributed by atoms with Crippen LogP contribution in [0.1, 0.15) is 0 Å². The number of amides is 5. The molecule has 0 aromatic rings. The number of carboxylic acid groups (broad SMARTS) is 2. The van der Waals surface area contributed by atoms with Crippen LogP contribution in [0.4, 0.5) is 19.2 Å². The largest absolute Gasteiger partial charge is 2.00 e.